The van der Waals surface area contributed by atoms with Crippen molar-refractivity contribution in [3.05, 3.63) is 41.7 Å². The molecule has 2 aromatic rings. The number of benzene rings is 1. The Morgan fingerprint density at radius 3 is 2.48 bits per heavy atom. The van der Waals surface area contributed by atoms with Crippen LogP contribution >= 0.6 is 0 Å². The molecule has 0 atom stereocenters. The van der Waals surface area contributed by atoms with Gasteiger partial charge in [-0.25, -0.2) is 9.48 Å². The standard InChI is InChI=1S/C20H26N4O3/c1-3-4-18-17(13-21-24(18)16-7-5-14(2)6-8-16)22-20(27)23-11-9-15(10-12-23)19(25)26/h5-8,13,15H,3-4,9-12H2,1-2H3,(H,22,27)(H,25,26). The number of piperidine rings is 1. The maximum Gasteiger partial charge on any atom is 0.321 e. The van der Waals surface area contributed by atoms with Gasteiger partial charge >= 0.3 is 12.0 Å². The van der Waals surface area contributed by atoms with Crippen LogP contribution in [0.3, 0.4) is 0 Å². The Morgan fingerprint density at radius 1 is 1.22 bits per heavy atom. The highest BCUT2D eigenvalue weighted by Crippen LogP contribution is 2.23. The number of urea groups is 1. The Bertz CT molecular complexity index is 805. The largest absolute Gasteiger partial charge is 0.481 e. The van der Waals surface area contributed by atoms with Gasteiger partial charge in [-0.15, -0.1) is 0 Å². The molecular weight excluding hydrogens is 344 g/mol. The summed E-state index contributed by atoms with van der Waals surface area (Å²) in [5, 5.41) is 16.5. The molecular formula is C20H26N4O3. The third kappa shape index (κ3) is 4.30. The van der Waals surface area contributed by atoms with Gasteiger partial charge in [-0.05, 0) is 38.3 Å². The van der Waals surface area contributed by atoms with Crippen molar-refractivity contribution in [1.82, 2.24) is 14.7 Å². The zero-order valence-corrected chi connectivity index (χ0v) is 15.8. The lowest BCUT2D eigenvalue weighted by molar-refractivity contribution is -0.143. The monoisotopic (exact) mass is 370 g/mol. The first kappa shape index (κ1) is 18.9. The Balaban J connectivity index is 1.74. The van der Waals surface area contributed by atoms with Gasteiger partial charge in [0.2, 0.25) is 0 Å². The fourth-order valence-corrected chi connectivity index (χ4v) is 3.39. The third-order valence-electron chi connectivity index (χ3n) is 5.01. The van der Waals surface area contributed by atoms with Crippen LogP contribution in [0.5, 0.6) is 0 Å². The summed E-state index contributed by atoms with van der Waals surface area (Å²) in [4.78, 5) is 25.4. The minimum Gasteiger partial charge on any atom is -0.481 e. The molecule has 27 heavy (non-hydrogen) atoms. The number of anilines is 1. The van der Waals surface area contributed by atoms with Gasteiger partial charge in [0.15, 0.2) is 0 Å². The highest BCUT2D eigenvalue weighted by Gasteiger charge is 2.27. The molecule has 0 bridgehead atoms. The van der Waals surface area contributed by atoms with Crippen LogP contribution in [0.25, 0.3) is 5.69 Å². The molecule has 3 rings (SSSR count). The summed E-state index contributed by atoms with van der Waals surface area (Å²) in [6, 6.07) is 7.92. The van der Waals surface area contributed by atoms with E-state index in [4.69, 9.17) is 5.11 Å². The van der Waals surface area contributed by atoms with Crippen LogP contribution in [0.4, 0.5) is 10.5 Å². The fourth-order valence-electron chi connectivity index (χ4n) is 3.39. The van der Waals surface area contributed by atoms with E-state index in [0.717, 1.165) is 24.2 Å². The summed E-state index contributed by atoms with van der Waals surface area (Å²) in [5.74, 6) is -1.13. The molecule has 0 radical (unpaired) electrons. The number of rotatable bonds is 5. The number of hydrogen-bond donors (Lipinski definition) is 2. The minimum atomic E-state index is -0.778. The van der Waals surface area contributed by atoms with Gasteiger partial charge in [0.05, 0.1) is 29.2 Å². The highest BCUT2D eigenvalue weighted by molar-refractivity contribution is 5.90. The van der Waals surface area contributed by atoms with Crippen molar-refractivity contribution in [2.75, 3.05) is 18.4 Å². The number of hydrogen-bond acceptors (Lipinski definition) is 3. The van der Waals surface area contributed by atoms with Crippen molar-refractivity contribution < 1.29 is 14.7 Å². The van der Waals surface area contributed by atoms with Crippen molar-refractivity contribution in [1.29, 1.82) is 0 Å². The molecule has 1 aromatic heterocycles. The topological polar surface area (TPSA) is 87.5 Å². The molecule has 1 saturated heterocycles. The lowest BCUT2D eigenvalue weighted by Gasteiger charge is -2.30. The lowest BCUT2D eigenvalue weighted by atomic mass is 9.97. The highest BCUT2D eigenvalue weighted by atomic mass is 16.4. The van der Waals surface area contributed by atoms with E-state index < -0.39 is 5.97 Å². The van der Waals surface area contributed by atoms with Gasteiger partial charge in [0.25, 0.3) is 0 Å². The lowest BCUT2D eigenvalue weighted by Crippen LogP contribution is -2.42. The minimum absolute atomic E-state index is 0.195. The second-order valence-electron chi connectivity index (χ2n) is 7.03. The SMILES string of the molecule is CCCc1c(NC(=O)N2CCC(C(=O)O)CC2)cnn1-c1ccc(C)cc1. The van der Waals surface area contributed by atoms with E-state index in [9.17, 15) is 9.59 Å². The number of nitrogens with zero attached hydrogens (tertiary/aromatic N) is 3. The second kappa shape index (κ2) is 8.24. The average Bonchev–Trinajstić information content (AvgIpc) is 3.05. The van der Waals surface area contributed by atoms with E-state index in [0.29, 0.717) is 31.6 Å². The predicted molar refractivity (Wildman–Crippen MR) is 103 cm³/mol. The van der Waals surface area contributed by atoms with Gasteiger partial charge < -0.3 is 15.3 Å². The van der Waals surface area contributed by atoms with E-state index in [1.807, 2.05) is 35.9 Å². The summed E-state index contributed by atoms with van der Waals surface area (Å²) in [6.07, 6.45) is 4.40. The molecule has 1 fully saturated rings. The van der Waals surface area contributed by atoms with Gasteiger partial charge in [-0.2, -0.15) is 5.10 Å². The molecule has 1 aliphatic heterocycles. The van der Waals surface area contributed by atoms with Gasteiger partial charge in [0, 0.05) is 13.1 Å². The van der Waals surface area contributed by atoms with Crippen LogP contribution in [-0.4, -0.2) is 44.9 Å². The molecule has 0 spiro atoms. The number of carbonyl (C=O) groups excluding carboxylic acids is 1. The Morgan fingerprint density at radius 2 is 1.89 bits per heavy atom. The Hall–Kier alpha value is -2.83. The first-order chi connectivity index (χ1) is 13.0. The van der Waals surface area contributed by atoms with Gasteiger partial charge in [-0.3, -0.25) is 4.79 Å². The molecule has 7 nitrogen and oxygen atoms in total. The molecule has 2 amide bonds. The van der Waals surface area contributed by atoms with Crippen LogP contribution in [0.15, 0.2) is 30.5 Å². The molecule has 0 unspecified atom stereocenters. The maximum atomic E-state index is 12.6. The number of aryl methyl sites for hydroxylation is 1. The molecule has 2 N–H and O–H groups in total. The van der Waals surface area contributed by atoms with Crippen LogP contribution in [0, 0.1) is 12.8 Å². The first-order valence-corrected chi connectivity index (χ1v) is 9.42. The van der Waals surface area contributed by atoms with Gasteiger partial charge in [-0.1, -0.05) is 31.0 Å². The van der Waals surface area contributed by atoms with E-state index >= 15 is 0 Å². The smallest absolute Gasteiger partial charge is 0.321 e. The van der Waals surface area contributed by atoms with Crippen LogP contribution in [0.1, 0.15) is 37.4 Å². The number of aromatic nitrogens is 2. The van der Waals surface area contributed by atoms with Gasteiger partial charge in [0.1, 0.15) is 0 Å². The zero-order chi connectivity index (χ0) is 19.4. The average molecular weight is 370 g/mol. The molecule has 0 aliphatic carbocycles. The van der Waals surface area contributed by atoms with Crippen molar-refractivity contribution >= 4 is 17.7 Å². The van der Waals surface area contributed by atoms with E-state index in [-0.39, 0.29) is 11.9 Å². The summed E-state index contributed by atoms with van der Waals surface area (Å²) < 4.78 is 1.87. The Kier molecular flexibility index (Phi) is 5.78. The number of carbonyl (C=O) groups is 2. The van der Waals surface area contributed by atoms with E-state index in [1.165, 1.54) is 5.56 Å². The number of nitrogens with one attached hydrogen (secondary N) is 1. The van der Waals surface area contributed by atoms with E-state index in [2.05, 4.69) is 17.3 Å². The predicted octanol–water partition coefficient (Wildman–Crippen LogP) is 3.46. The number of carboxylic acids is 1. The maximum absolute atomic E-state index is 12.6. The number of carboxylic acid groups (broad SMARTS) is 1. The second-order valence-corrected chi connectivity index (χ2v) is 7.03. The summed E-state index contributed by atoms with van der Waals surface area (Å²) in [6.45, 7) is 5.05. The van der Waals surface area contributed by atoms with Crippen molar-refractivity contribution in [2.24, 2.45) is 5.92 Å². The van der Waals surface area contributed by atoms with Crippen molar-refractivity contribution in [3.8, 4) is 5.69 Å². The molecule has 0 saturated carbocycles. The number of amides is 2. The molecule has 2 heterocycles. The molecule has 7 heteroatoms. The summed E-state index contributed by atoms with van der Waals surface area (Å²) >= 11 is 0. The molecule has 1 aliphatic rings. The van der Waals surface area contributed by atoms with Crippen LogP contribution in [0.2, 0.25) is 0 Å². The van der Waals surface area contributed by atoms with Crippen molar-refractivity contribution in [2.45, 2.75) is 39.5 Å². The fraction of sp³-hybridized carbons (Fsp3) is 0.450. The quantitative estimate of drug-likeness (QED) is 0.844. The Labute approximate surface area is 159 Å². The molecule has 1 aromatic carbocycles. The van der Waals surface area contributed by atoms with Crippen LogP contribution in [-0.2, 0) is 11.2 Å². The van der Waals surface area contributed by atoms with Crippen LogP contribution < -0.4 is 5.32 Å². The number of likely N-dealkylation sites (tertiary alicyclic amines) is 1. The molecule has 144 valence electrons. The normalized spacial score (nSPS) is 15.0. The summed E-state index contributed by atoms with van der Waals surface area (Å²) in [5.41, 5.74) is 3.82. The van der Waals surface area contributed by atoms with E-state index in [1.54, 1.807) is 11.1 Å². The zero-order valence-electron chi connectivity index (χ0n) is 15.8. The summed E-state index contributed by atoms with van der Waals surface area (Å²) in [7, 11) is 0. The first-order valence-electron chi connectivity index (χ1n) is 9.42. The van der Waals surface area contributed by atoms with Crippen molar-refractivity contribution in [3.63, 3.8) is 0 Å². The number of aliphatic carboxylic acids is 1. The third-order valence-corrected chi connectivity index (χ3v) is 5.01.